The summed E-state index contributed by atoms with van der Waals surface area (Å²) in [7, 11) is 0. The first kappa shape index (κ1) is 8.76. The molecular formula is C6H15OSn. The van der Waals surface area contributed by atoms with Crippen molar-refractivity contribution in [2.75, 3.05) is 6.61 Å². The van der Waals surface area contributed by atoms with Crippen LogP contribution in [-0.4, -0.2) is 26.8 Å². The molecule has 0 aromatic rings. The van der Waals surface area contributed by atoms with Gasteiger partial charge in [0.15, 0.2) is 0 Å². The number of rotatable bonds is 4. The summed E-state index contributed by atoms with van der Waals surface area (Å²) in [5.41, 5.74) is 0. The van der Waals surface area contributed by atoms with Crippen LogP contribution in [0.15, 0.2) is 0 Å². The van der Waals surface area contributed by atoms with Gasteiger partial charge in [0.05, 0.1) is 0 Å². The molecule has 0 amide bonds. The molecule has 0 heterocycles. The molecule has 0 rings (SSSR count). The van der Waals surface area contributed by atoms with Gasteiger partial charge in [-0.05, 0) is 0 Å². The summed E-state index contributed by atoms with van der Waals surface area (Å²) in [6.45, 7) is 3.20. The van der Waals surface area contributed by atoms with Crippen LogP contribution in [0.5, 0.6) is 0 Å². The SMILES string of the molecule is CCCC[O][Sn]([CH3])[CH3]. The predicted molar refractivity (Wildman–Crippen MR) is 38.3 cm³/mol. The second-order valence-corrected chi connectivity index (χ2v) is 8.12. The van der Waals surface area contributed by atoms with Crippen LogP contribution in [0, 0.1) is 0 Å². The van der Waals surface area contributed by atoms with Crippen LogP contribution in [0.25, 0.3) is 0 Å². The van der Waals surface area contributed by atoms with E-state index < -0.39 is 20.2 Å². The maximum atomic E-state index is 5.48. The molecule has 0 fully saturated rings. The normalized spacial score (nSPS) is 10.5. The molecule has 0 unspecified atom stereocenters. The molecule has 8 heavy (non-hydrogen) atoms. The first-order chi connectivity index (χ1) is 3.77. The van der Waals surface area contributed by atoms with E-state index in [1.807, 2.05) is 0 Å². The summed E-state index contributed by atoms with van der Waals surface area (Å²) in [6, 6.07) is 0. The van der Waals surface area contributed by atoms with Crippen molar-refractivity contribution in [1.82, 2.24) is 0 Å². The van der Waals surface area contributed by atoms with Crippen molar-refractivity contribution in [3.63, 3.8) is 0 Å². The monoisotopic (exact) mass is 223 g/mol. The zero-order chi connectivity index (χ0) is 6.41. The molecule has 2 heteroatoms. The Balaban J connectivity index is 2.72. The zero-order valence-electron chi connectivity index (χ0n) is 6.03. The van der Waals surface area contributed by atoms with E-state index in [1.54, 1.807) is 0 Å². The Morgan fingerprint density at radius 3 is 2.38 bits per heavy atom. The second kappa shape index (κ2) is 5.89. The molecule has 0 N–H and O–H groups in total. The molecule has 0 aliphatic carbocycles. The second-order valence-electron chi connectivity index (χ2n) is 2.11. The van der Waals surface area contributed by atoms with Gasteiger partial charge in [0, 0.05) is 0 Å². The number of hydrogen-bond acceptors (Lipinski definition) is 1. The van der Waals surface area contributed by atoms with Crippen LogP contribution in [0.2, 0.25) is 9.88 Å². The molecule has 0 spiro atoms. The van der Waals surface area contributed by atoms with Crippen molar-refractivity contribution in [3.8, 4) is 0 Å². The Morgan fingerprint density at radius 1 is 1.38 bits per heavy atom. The van der Waals surface area contributed by atoms with Crippen molar-refractivity contribution >= 4 is 20.2 Å². The molecule has 0 saturated carbocycles. The van der Waals surface area contributed by atoms with Crippen LogP contribution >= 0.6 is 0 Å². The van der Waals surface area contributed by atoms with E-state index in [0.29, 0.717) is 0 Å². The van der Waals surface area contributed by atoms with Crippen molar-refractivity contribution < 1.29 is 3.07 Å². The van der Waals surface area contributed by atoms with Gasteiger partial charge in [-0.25, -0.2) is 0 Å². The average Bonchev–Trinajstić information content (AvgIpc) is 1.66. The molecule has 0 aliphatic rings. The minimum atomic E-state index is -1.16. The first-order valence-corrected chi connectivity index (χ1v) is 10.1. The molecule has 0 aliphatic heterocycles. The molecule has 0 saturated heterocycles. The van der Waals surface area contributed by atoms with Crippen LogP contribution < -0.4 is 0 Å². The van der Waals surface area contributed by atoms with E-state index >= 15 is 0 Å². The van der Waals surface area contributed by atoms with Gasteiger partial charge >= 0.3 is 59.5 Å². The van der Waals surface area contributed by atoms with Gasteiger partial charge in [0.1, 0.15) is 0 Å². The molecule has 0 atom stereocenters. The Hall–Kier alpha value is 0.759. The number of hydrogen-bond donors (Lipinski definition) is 0. The zero-order valence-corrected chi connectivity index (χ0v) is 8.88. The van der Waals surface area contributed by atoms with Crippen molar-refractivity contribution in [3.05, 3.63) is 0 Å². The fourth-order valence-electron chi connectivity index (χ4n) is 0.421. The molecular weight excluding hydrogens is 207 g/mol. The van der Waals surface area contributed by atoms with Gasteiger partial charge in [0.25, 0.3) is 0 Å². The van der Waals surface area contributed by atoms with Crippen molar-refractivity contribution in [2.45, 2.75) is 29.6 Å². The van der Waals surface area contributed by atoms with E-state index in [-0.39, 0.29) is 0 Å². The summed E-state index contributed by atoms with van der Waals surface area (Å²) in [6.07, 6.45) is 2.50. The molecule has 0 aromatic heterocycles. The van der Waals surface area contributed by atoms with Gasteiger partial charge in [0.2, 0.25) is 0 Å². The minimum absolute atomic E-state index is 1.01. The third kappa shape index (κ3) is 6.76. The summed E-state index contributed by atoms with van der Waals surface area (Å²) < 4.78 is 5.48. The fraction of sp³-hybridized carbons (Fsp3) is 1.00. The topological polar surface area (TPSA) is 9.23 Å². The third-order valence-electron chi connectivity index (χ3n) is 0.889. The van der Waals surface area contributed by atoms with Crippen molar-refractivity contribution in [1.29, 1.82) is 0 Å². The fourth-order valence-corrected chi connectivity index (χ4v) is 2.00. The van der Waals surface area contributed by atoms with E-state index in [9.17, 15) is 0 Å². The summed E-state index contributed by atoms with van der Waals surface area (Å²) in [4.78, 5) is 4.52. The van der Waals surface area contributed by atoms with Gasteiger partial charge in [-0.1, -0.05) is 0 Å². The van der Waals surface area contributed by atoms with Gasteiger partial charge < -0.3 is 0 Å². The summed E-state index contributed by atoms with van der Waals surface area (Å²) in [5.74, 6) is 0. The van der Waals surface area contributed by atoms with Crippen molar-refractivity contribution in [2.24, 2.45) is 0 Å². The molecule has 1 radical (unpaired) electrons. The standard InChI is InChI=1S/C4H9O.2CH3.Sn/c1-2-3-4-5;;;/h2-4H2,1H3;2*1H3;/q-1;;;+1. The average molecular weight is 222 g/mol. The van der Waals surface area contributed by atoms with Gasteiger partial charge in [-0.15, -0.1) is 0 Å². The third-order valence-corrected chi connectivity index (χ3v) is 3.12. The van der Waals surface area contributed by atoms with E-state index in [0.717, 1.165) is 6.61 Å². The summed E-state index contributed by atoms with van der Waals surface area (Å²) in [5, 5.41) is 0. The predicted octanol–water partition coefficient (Wildman–Crippen LogP) is 2.05. The van der Waals surface area contributed by atoms with Gasteiger partial charge in [-0.2, -0.15) is 0 Å². The Morgan fingerprint density at radius 2 is 2.00 bits per heavy atom. The molecule has 1 nitrogen and oxygen atoms in total. The van der Waals surface area contributed by atoms with Crippen LogP contribution in [-0.2, 0) is 3.07 Å². The number of unbranched alkanes of at least 4 members (excludes halogenated alkanes) is 1. The maximum absolute atomic E-state index is 5.48. The van der Waals surface area contributed by atoms with Crippen LogP contribution in [0.4, 0.5) is 0 Å². The molecule has 0 bridgehead atoms. The molecule has 0 aromatic carbocycles. The van der Waals surface area contributed by atoms with E-state index in [1.165, 1.54) is 12.8 Å². The first-order valence-electron chi connectivity index (χ1n) is 3.20. The van der Waals surface area contributed by atoms with E-state index in [4.69, 9.17) is 3.07 Å². The quantitative estimate of drug-likeness (QED) is 0.522. The molecule has 49 valence electrons. The Labute approximate surface area is 59.7 Å². The summed E-state index contributed by atoms with van der Waals surface area (Å²) >= 11 is -1.16. The van der Waals surface area contributed by atoms with Gasteiger partial charge in [-0.3, -0.25) is 0 Å². The Bertz CT molecular complexity index is 45.8. The Kier molecular flexibility index (Phi) is 6.45. The van der Waals surface area contributed by atoms with E-state index in [2.05, 4.69) is 16.8 Å². The van der Waals surface area contributed by atoms with Crippen LogP contribution in [0.1, 0.15) is 19.8 Å². The van der Waals surface area contributed by atoms with Crippen LogP contribution in [0.3, 0.4) is 0 Å².